The number of aromatic nitrogens is 2. The molecule has 0 spiro atoms. The van der Waals surface area contributed by atoms with Gasteiger partial charge in [0.15, 0.2) is 0 Å². The van der Waals surface area contributed by atoms with E-state index in [0.717, 1.165) is 25.9 Å². The van der Waals surface area contributed by atoms with Gasteiger partial charge in [-0.05, 0) is 12.8 Å². The van der Waals surface area contributed by atoms with Gasteiger partial charge in [-0.15, -0.1) is 0 Å². The Bertz CT molecular complexity index is 344. The van der Waals surface area contributed by atoms with E-state index in [-0.39, 0.29) is 12.0 Å². The standard InChI is InChI=1S/C11H18N4O2/c12-3-6-17-10-1-4-15(5-2-10)11(16)9-7-13-14-8-9/h7-8,10H,1-6,12H2,(H,13,14). The van der Waals surface area contributed by atoms with Gasteiger partial charge in [-0.1, -0.05) is 0 Å². The lowest BCUT2D eigenvalue weighted by Crippen LogP contribution is -2.41. The summed E-state index contributed by atoms with van der Waals surface area (Å²) < 4.78 is 5.57. The van der Waals surface area contributed by atoms with E-state index in [0.29, 0.717) is 18.7 Å². The van der Waals surface area contributed by atoms with Gasteiger partial charge >= 0.3 is 0 Å². The maximum atomic E-state index is 12.0. The zero-order valence-corrected chi connectivity index (χ0v) is 9.76. The lowest BCUT2D eigenvalue weighted by atomic mass is 10.1. The third-order valence-electron chi connectivity index (χ3n) is 2.95. The topological polar surface area (TPSA) is 84.2 Å². The Labute approximate surface area is 100 Å². The number of carbonyl (C=O) groups is 1. The van der Waals surface area contributed by atoms with Crippen LogP contribution in [0.1, 0.15) is 23.2 Å². The van der Waals surface area contributed by atoms with Crippen LogP contribution in [0.3, 0.4) is 0 Å². The number of rotatable bonds is 4. The van der Waals surface area contributed by atoms with E-state index in [2.05, 4.69) is 10.2 Å². The number of ether oxygens (including phenoxy) is 1. The maximum absolute atomic E-state index is 12.0. The van der Waals surface area contributed by atoms with Crippen molar-refractivity contribution in [1.82, 2.24) is 15.1 Å². The van der Waals surface area contributed by atoms with Crippen molar-refractivity contribution in [2.45, 2.75) is 18.9 Å². The molecular formula is C11H18N4O2. The predicted octanol–water partition coefficient (Wildman–Crippen LogP) is -0.0104. The van der Waals surface area contributed by atoms with Crippen LogP contribution in [0.4, 0.5) is 0 Å². The van der Waals surface area contributed by atoms with Crippen molar-refractivity contribution in [3.05, 3.63) is 18.0 Å². The van der Waals surface area contributed by atoms with Crippen LogP contribution in [0.25, 0.3) is 0 Å². The minimum Gasteiger partial charge on any atom is -0.377 e. The van der Waals surface area contributed by atoms with Crippen LogP contribution in [0.15, 0.2) is 12.4 Å². The number of nitrogens with zero attached hydrogens (tertiary/aromatic N) is 2. The summed E-state index contributed by atoms with van der Waals surface area (Å²) in [4.78, 5) is 13.8. The molecule has 17 heavy (non-hydrogen) atoms. The van der Waals surface area contributed by atoms with E-state index in [1.807, 2.05) is 4.90 Å². The Hall–Kier alpha value is -1.40. The van der Waals surface area contributed by atoms with Gasteiger partial charge in [0.05, 0.1) is 24.5 Å². The van der Waals surface area contributed by atoms with Gasteiger partial charge in [0.25, 0.3) is 5.91 Å². The maximum Gasteiger partial charge on any atom is 0.257 e. The lowest BCUT2D eigenvalue weighted by molar-refractivity contribution is 0.0122. The third-order valence-corrected chi connectivity index (χ3v) is 2.95. The summed E-state index contributed by atoms with van der Waals surface area (Å²) >= 11 is 0. The van der Waals surface area contributed by atoms with Gasteiger partial charge in [0, 0.05) is 25.8 Å². The number of hydrogen-bond acceptors (Lipinski definition) is 4. The zero-order valence-electron chi connectivity index (χ0n) is 9.76. The highest BCUT2D eigenvalue weighted by atomic mass is 16.5. The molecule has 2 heterocycles. The van der Waals surface area contributed by atoms with Crippen molar-refractivity contribution in [2.75, 3.05) is 26.2 Å². The fourth-order valence-corrected chi connectivity index (χ4v) is 2.01. The SMILES string of the molecule is NCCOC1CCN(C(=O)c2cn[nH]c2)CC1. The second kappa shape index (κ2) is 5.79. The van der Waals surface area contributed by atoms with E-state index < -0.39 is 0 Å². The molecule has 1 amide bonds. The minimum atomic E-state index is 0.0380. The van der Waals surface area contributed by atoms with Crippen LogP contribution in [-0.4, -0.2) is 53.3 Å². The van der Waals surface area contributed by atoms with E-state index in [1.165, 1.54) is 0 Å². The highest BCUT2D eigenvalue weighted by molar-refractivity contribution is 5.93. The second-order valence-corrected chi connectivity index (χ2v) is 4.14. The lowest BCUT2D eigenvalue weighted by Gasteiger charge is -2.31. The van der Waals surface area contributed by atoms with Crippen LogP contribution in [0.2, 0.25) is 0 Å². The molecule has 3 N–H and O–H groups in total. The third kappa shape index (κ3) is 3.04. The Morgan fingerprint density at radius 1 is 1.59 bits per heavy atom. The average Bonchev–Trinajstić information content (AvgIpc) is 2.90. The van der Waals surface area contributed by atoms with Crippen molar-refractivity contribution in [3.8, 4) is 0 Å². The number of hydrogen-bond donors (Lipinski definition) is 2. The molecule has 0 unspecified atom stereocenters. The molecule has 0 aliphatic carbocycles. The summed E-state index contributed by atoms with van der Waals surface area (Å²) in [5.74, 6) is 0.0380. The molecule has 94 valence electrons. The van der Waals surface area contributed by atoms with Gasteiger partial charge in [-0.2, -0.15) is 5.10 Å². The number of H-pyrrole nitrogens is 1. The number of nitrogens with two attached hydrogens (primary N) is 1. The first-order valence-corrected chi connectivity index (χ1v) is 5.91. The van der Waals surface area contributed by atoms with Gasteiger partial charge in [0.1, 0.15) is 0 Å². The van der Waals surface area contributed by atoms with Gasteiger partial charge in [-0.3, -0.25) is 9.89 Å². The first-order valence-electron chi connectivity index (χ1n) is 5.91. The molecular weight excluding hydrogens is 220 g/mol. The number of amides is 1. The molecule has 1 aromatic heterocycles. The second-order valence-electron chi connectivity index (χ2n) is 4.14. The number of piperidine rings is 1. The van der Waals surface area contributed by atoms with Crippen molar-refractivity contribution in [3.63, 3.8) is 0 Å². The molecule has 0 bridgehead atoms. The largest absolute Gasteiger partial charge is 0.377 e. The highest BCUT2D eigenvalue weighted by Gasteiger charge is 2.24. The smallest absolute Gasteiger partial charge is 0.257 e. The first-order chi connectivity index (χ1) is 8.31. The monoisotopic (exact) mass is 238 g/mol. The van der Waals surface area contributed by atoms with Crippen LogP contribution in [0.5, 0.6) is 0 Å². The summed E-state index contributed by atoms with van der Waals surface area (Å²) in [5, 5.41) is 6.43. The van der Waals surface area contributed by atoms with Gasteiger partial charge in [0.2, 0.25) is 0 Å². The highest BCUT2D eigenvalue weighted by Crippen LogP contribution is 2.15. The molecule has 6 heteroatoms. The summed E-state index contributed by atoms with van der Waals surface area (Å²) in [6.07, 6.45) is 5.18. The van der Waals surface area contributed by atoms with Crippen molar-refractivity contribution >= 4 is 5.91 Å². The normalized spacial score (nSPS) is 17.4. The zero-order chi connectivity index (χ0) is 12.1. The van der Waals surface area contributed by atoms with Crippen LogP contribution in [0, 0.1) is 0 Å². The van der Waals surface area contributed by atoms with Crippen LogP contribution in [-0.2, 0) is 4.74 Å². The average molecular weight is 238 g/mol. The van der Waals surface area contributed by atoms with Crippen LogP contribution < -0.4 is 5.73 Å². The molecule has 1 fully saturated rings. The quantitative estimate of drug-likeness (QED) is 0.772. The first kappa shape index (κ1) is 12.1. The van der Waals surface area contributed by atoms with Crippen molar-refractivity contribution < 1.29 is 9.53 Å². The molecule has 0 radical (unpaired) electrons. The Morgan fingerprint density at radius 3 is 2.94 bits per heavy atom. The molecule has 1 aliphatic heterocycles. The fraction of sp³-hybridized carbons (Fsp3) is 0.636. The number of aromatic amines is 1. The molecule has 2 rings (SSSR count). The van der Waals surface area contributed by atoms with Gasteiger partial charge in [-0.25, -0.2) is 0 Å². The summed E-state index contributed by atoms with van der Waals surface area (Å²) in [7, 11) is 0. The summed E-state index contributed by atoms with van der Waals surface area (Å²) in [5.41, 5.74) is 6.00. The van der Waals surface area contributed by atoms with Gasteiger partial charge < -0.3 is 15.4 Å². The number of nitrogens with one attached hydrogen (secondary N) is 1. The molecule has 0 aromatic carbocycles. The molecule has 1 aromatic rings. The van der Waals surface area contributed by atoms with E-state index in [9.17, 15) is 4.79 Å². The van der Waals surface area contributed by atoms with E-state index in [1.54, 1.807) is 12.4 Å². The number of carbonyl (C=O) groups excluding carboxylic acids is 1. The summed E-state index contributed by atoms with van der Waals surface area (Å²) in [6, 6.07) is 0. The van der Waals surface area contributed by atoms with Crippen molar-refractivity contribution in [1.29, 1.82) is 0 Å². The molecule has 0 atom stereocenters. The Kier molecular flexibility index (Phi) is 4.11. The number of likely N-dealkylation sites (tertiary alicyclic amines) is 1. The van der Waals surface area contributed by atoms with Crippen LogP contribution >= 0.6 is 0 Å². The molecule has 1 saturated heterocycles. The fourth-order valence-electron chi connectivity index (χ4n) is 2.01. The van der Waals surface area contributed by atoms with Crippen molar-refractivity contribution in [2.24, 2.45) is 5.73 Å². The minimum absolute atomic E-state index is 0.0380. The molecule has 1 aliphatic rings. The predicted molar refractivity (Wildman–Crippen MR) is 62.5 cm³/mol. The molecule has 6 nitrogen and oxygen atoms in total. The Morgan fingerprint density at radius 2 is 2.35 bits per heavy atom. The van der Waals surface area contributed by atoms with E-state index in [4.69, 9.17) is 10.5 Å². The summed E-state index contributed by atoms with van der Waals surface area (Å²) in [6.45, 7) is 2.62. The van der Waals surface area contributed by atoms with E-state index >= 15 is 0 Å². The Balaban J connectivity index is 1.81. The molecule has 0 saturated carbocycles.